The van der Waals surface area contributed by atoms with E-state index < -0.39 is 9.84 Å². The van der Waals surface area contributed by atoms with Crippen LogP contribution in [0.1, 0.15) is 5.56 Å². The summed E-state index contributed by atoms with van der Waals surface area (Å²) in [6.07, 6.45) is 4.51. The second-order valence-electron chi connectivity index (χ2n) is 4.40. The molecule has 1 aromatic heterocycles. The average molecular weight is 295 g/mol. The fraction of sp³-hybridized carbons (Fsp3) is 0.286. The first kappa shape index (κ1) is 14.6. The smallest absolute Gasteiger partial charge is 0.175 e. The van der Waals surface area contributed by atoms with Gasteiger partial charge in [-0.1, -0.05) is 0 Å². The van der Waals surface area contributed by atoms with Crippen molar-refractivity contribution in [2.24, 2.45) is 0 Å². The molecule has 1 heterocycles. The Kier molecular flexibility index (Phi) is 4.81. The van der Waals surface area contributed by atoms with Crippen LogP contribution in [0.2, 0.25) is 0 Å². The molecule has 0 aliphatic rings. The molecule has 0 radical (unpaired) electrons. The summed E-state index contributed by atoms with van der Waals surface area (Å²) in [6, 6.07) is 8.31. The molecule has 5 nitrogen and oxygen atoms in total. The highest BCUT2D eigenvalue weighted by Gasteiger charge is 2.06. The molecule has 20 heavy (non-hydrogen) atoms. The summed E-state index contributed by atoms with van der Waals surface area (Å²) in [5.74, 6) is 0.655. The Labute approximate surface area is 118 Å². The molecule has 1 N–H and O–H groups in total. The van der Waals surface area contributed by atoms with Crippen LogP contribution in [0.15, 0.2) is 52.2 Å². The van der Waals surface area contributed by atoms with E-state index >= 15 is 0 Å². The molecule has 1 aromatic carbocycles. The lowest BCUT2D eigenvalue weighted by atomic mass is 10.3. The number of nitrogens with one attached hydrogen (secondary N) is 1. The van der Waals surface area contributed by atoms with Gasteiger partial charge in [-0.25, -0.2) is 8.42 Å². The van der Waals surface area contributed by atoms with Crippen molar-refractivity contribution < 1.29 is 17.6 Å². The molecule has 0 amide bonds. The Balaban J connectivity index is 1.72. The number of benzene rings is 1. The van der Waals surface area contributed by atoms with Crippen LogP contribution in [0.3, 0.4) is 0 Å². The fourth-order valence-electron chi connectivity index (χ4n) is 1.65. The Hall–Kier alpha value is -1.79. The van der Waals surface area contributed by atoms with Crippen molar-refractivity contribution in [3.8, 4) is 5.75 Å². The van der Waals surface area contributed by atoms with Gasteiger partial charge in [0.05, 0.1) is 17.4 Å². The molecule has 0 spiro atoms. The zero-order chi connectivity index (χ0) is 14.4. The largest absolute Gasteiger partial charge is 0.492 e. The van der Waals surface area contributed by atoms with Crippen molar-refractivity contribution in [2.45, 2.75) is 11.4 Å². The third-order valence-electron chi connectivity index (χ3n) is 2.71. The molecule has 0 saturated carbocycles. The van der Waals surface area contributed by atoms with Crippen molar-refractivity contribution in [1.82, 2.24) is 5.32 Å². The topological polar surface area (TPSA) is 68.5 Å². The highest BCUT2D eigenvalue weighted by molar-refractivity contribution is 7.90. The van der Waals surface area contributed by atoms with Crippen molar-refractivity contribution in [2.75, 3.05) is 19.4 Å². The van der Waals surface area contributed by atoms with E-state index in [2.05, 4.69) is 5.32 Å². The first-order chi connectivity index (χ1) is 9.55. The van der Waals surface area contributed by atoms with E-state index in [9.17, 15) is 8.42 Å². The summed E-state index contributed by atoms with van der Waals surface area (Å²) in [6.45, 7) is 1.93. The van der Waals surface area contributed by atoms with Crippen LogP contribution in [0.25, 0.3) is 0 Å². The van der Waals surface area contributed by atoms with Crippen LogP contribution in [0.4, 0.5) is 0 Å². The molecule has 2 aromatic rings. The molecule has 0 saturated heterocycles. The van der Waals surface area contributed by atoms with E-state index in [0.29, 0.717) is 23.8 Å². The predicted molar refractivity (Wildman–Crippen MR) is 75.5 cm³/mol. The van der Waals surface area contributed by atoms with Gasteiger partial charge >= 0.3 is 0 Å². The minimum Gasteiger partial charge on any atom is -0.492 e. The van der Waals surface area contributed by atoms with E-state index in [-0.39, 0.29) is 0 Å². The number of furan rings is 1. The molecule has 0 aliphatic carbocycles. The third-order valence-corrected chi connectivity index (χ3v) is 3.84. The van der Waals surface area contributed by atoms with Crippen LogP contribution in [-0.2, 0) is 16.4 Å². The third kappa shape index (κ3) is 4.40. The summed E-state index contributed by atoms with van der Waals surface area (Å²) in [5, 5.41) is 3.21. The van der Waals surface area contributed by atoms with Gasteiger partial charge in [-0.2, -0.15) is 0 Å². The molecule has 6 heteroatoms. The Morgan fingerprint density at radius 2 is 1.95 bits per heavy atom. The van der Waals surface area contributed by atoms with Crippen molar-refractivity contribution in [3.05, 3.63) is 48.4 Å². The molecule has 108 valence electrons. The minimum atomic E-state index is -3.15. The van der Waals surface area contributed by atoms with Gasteiger partial charge in [0.2, 0.25) is 0 Å². The Morgan fingerprint density at radius 3 is 2.55 bits per heavy atom. The van der Waals surface area contributed by atoms with E-state index in [1.807, 2.05) is 6.07 Å². The monoisotopic (exact) mass is 295 g/mol. The molecule has 0 unspecified atom stereocenters. The Morgan fingerprint density at radius 1 is 1.20 bits per heavy atom. The molecule has 0 fully saturated rings. The zero-order valence-corrected chi connectivity index (χ0v) is 12.0. The van der Waals surface area contributed by atoms with Gasteiger partial charge in [0.1, 0.15) is 12.4 Å². The molecule has 0 bridgehead atoms. The molecule has 0 aliphatic heterocycles. The normalized spacial score (nSPS) is 11.4. The fourth-order valence-corrected chi connectivity index (χ4v) is 2.28. The van der Waals surface area contributed by atoms with E-state index in [1.165, 1.54) is 6.26 Å². The minimum absolute atomic E-state index is 0.294. The van der Waals surface area contributed by atoms with Gasteiger partial charge < -0.3 is 14.5 Å². The van der Waals surface area contributed by atoms with Gasteiger partial charge in [-0.3, -0.25) is 0 Å². The maximum atomic E-state index is 11.3. The summed E-state index contributed by atoms with van der Waals surface area (Å²) < 4.78 is 33.1. The maximum Gasteiger partial charge on any atom is 0.175 e. The van der Waals surface area contributed by atoms with Crippen LogP contribution in [-0.4, -0.2) is 27.8 Å². The highest BCUT2D eigenvalue weighted by Crippen LogP contribution is 2.15. The lowest BCUT2D eigenvalue weighted by Crippen LogP contribution is -2.20. The molecular formula is C14H17NO4S. The number of rotatable bonds is 7. The molecular weight excluding hydrogens is 278 g/mol. The van der Waals surface area contributed by atoms with Gasteiger partial charge in [0, 0.05) is 24.9 Å². The van der Waals surface area contributed by atoms with Gasteiger partial charge in [0.25, 0.3) is 0 Å². The summed E-state index contributed by atoms with van der Waals surface area (Å²) in [5.41, 5.74) is 1.09. The van der Waals surface area contributed by atoms with E-state index in [0.717, 1.165) is 12.1 Å². The number of hydrogen-bond donors (Lipinski definition) is 1. The Bertz CT molecular complexity index is 618. The van der Waals surface area contributed by atoms with Crippen molar-refractivity contribution in [1.29, 1.82) is 0 Å². The van der Waals surface area contributed by atoms with Crippen molar-refractivity contribution >= 4 is 9.84 Å². The SMILES string of the molecule is CS(=O)(=O)c1ccc(OCCNCc2ccoc2)cc1. The summed E-state index contributed by atoms with van der Waals surface area (Å²) >= 11 is 0. The lowest BCUT2D eigenvalue weighted by Gasteiger charge is -2.07. The second-order valence-corrected chi connectivity index (χ2v) is 6.42. The average Bonchev–Trinajstić information content (AvgIpc) is 2.91. The zero-order valence-electron chi connectivity index (χ0n) is 11.2. The number of sulfone groups is 1. The van der Waals surface area contributed by atoms with Crippen LogP contribution < -0.4 is 10.1 Å². The lowest BCUT2D eigenvalue weighted by molar-refractivity contribution is 0.313. The quantitative estimate of drug-likeness (QED) is 0.790. The van der Waals surface area contributed by atoms with Gasteiger partial charge in [-0.05, 0) is 30.3 Å². The highest BCUT2D eigenvalue weighted by atomic mass is 32.2. The first-order valence-electron chi connectivity index (χ1n) is 6.20. The van der Waals surface area contributed by atoms with Gasteiger partial charge in [-0.15, -0.1) is 0 Å². The molecule has 0 atom stereocenters. The summed E-state index contributed by atoms with van der Waals surface area (Å²) in [7, 11) is -3.15. The predicted octanol–water partition coefficient (Wildman–Crippen LogP) is 1.85. The maximum absolute atomic E-state index is 11.3. The second kappa shape index (κ2) is 6.58. The van der Waals surface area contributed by atoms with Gasteiger partial charge in [0.15, 0.2) is 9.84 Å². The number of hydrogen-bond acceptors (Lipinski definition) is 5. The summed E-state index contributed by atoms with van der Waals surface area (Å²) in [4.78, 5) is 0.294. The van der Waals surface area contributed by atoms with Crippen LogP contribution in [0.5, 0.6) is 5.75 Å². The number of ether oxygens (including phenoxy) is 1. The van der Waals surface area contributed by atoms with E-state index in [1.54, 1.807) is 36.8 Å². The first-order valence-corrected chi connectivity index (χ1v) is 8.09. The van der Waals surface area contributed by atoms with Crippen LogP contribution in [0, 0.1) is 0 Å². The molecule has 2 rings (SSSR count). The van der Waals surface area contributed by atoms with Crippen molar-refractivity contribution in [3.63, 3.8) is 0 Å². The van der Waals surface area contributed by atoms with E-state index in [4.69, 9.17) is 9.15 Å². The standard InChI is InChI=1S/C14H17NO4S/c1-20(16,17)14-4-2-13(3-5-14)19-9-7-15-10-12-6-8-18-11-12/h2-6,8,11,15H,7,9-10H2,1H3. The van der Waals surface area contributed by atoms with Crippen LogP contribution >= 0.6 is 0 Å².